The largest absolute Gasteiger partial charge is 0.383 e. The lowest BCUT2D eigenvalue weighted by Crippen LogP contribution is -2.15. The second-order valence-corrected chi connectivity index (χ2v) is 7.27. The van der Waals surface area contributed by atoms with Crippen molar-refractivity contribution in [1.82, 2.24) is 4.98 Å². The lowest BCUT2D eigenvalue weighted by Gasteiger charge is -2.11. The zero-order chi connectivity index (χ0) is 18.2. The van der Waals surface area contributed by atoms with Crippen molar-refractivity contribution >= 4 is 27.1 Å². The standard InChI is InChI=1S/C19H20N4O2S/c24-26(25,19-7-2-1-3-8-19)23-18-6-4-5-17(15-18)22-14-13-21-16-9-11-20-12-10-16/h1-12,15,22-23H,13-14H2,(H,20,21). The molecule has 6 nitrogen and oxygen atoms in total. The molecule has 0 unspecified atom stereocenters. The number of nitrogens with zero attached hydrogens (tertiary/aromatic N) is 1. The van der Waals surface area contributed by atoms with E-state index in [1.54, 1.807) is 54.9 Å². The van der Waals surface area contributed by atoms with Gasteiger partial charge >= 0.3 is 0 Å². The predicted octanol–water partition coefficient (Wildman–Crippen LogP) is 3.41. The quantitative estimate of drug-likeness (QED) is 0.531. The molecule has 0 radical (unpaired) electrons. The van der Waals surface area contributed by atoms with Crippen molar-refractivity contribution in [2.24, 2.45) is 0 Å². The minimum absolute atomic E-state index is 0.236. The molecule has 1 heterocycles. The smallest absolute Gasteiger partial charge is 0.261 e. The third-order valence-corrected chi connectivity index (χ3v) is 5.03. The summed E-state index contributed by atoms with van der Waals surface area (Å²) in [6, 6.07) is 19.3. The van der Waals surface area contributed by atoms with Gasteiger partial charge in [-0.25, -0.2) is 8.42 Å². The van der Waals surface area contributed by atoms with Crippen LogP contribution in [0, 0.1) is 0 Å². The van der Waals surface area contributed by atoms with Gasteiger partial charge in [0, 0.05) is 36.9 Å². The van der Waals surface area contributed by atoms with Crippen LogP contribution in [0.4, 0.5) is 17.1 Å². The minimum atomic E-state index is -3.59. The number of pyridine rings is 1. The average molecular weight is 368 g/mol. The molecule has 3 N–H and O–H groups in total. The Morgan fingerprint density at radius 3 is 2.12 bits per heavy atom. The van der Waals surface area contributed by atoms with Crippen molar-refractivity contribution in [2.75, 3.05) is 28.4 Å². The molecular weight excluding hydrogens is 348 g/mol. The first-order valence-corrected chi connectivity index (χ1v) is 9.67. The van der Waals surface area contributed by atoms with E-state index in [9.17, 15) is 8.42 Å². The molecule has 0 bridgehead atoms. The lowest BCUT2D eigenvalue weighted by atomic mass is 10.3. The van der Waals surface area contributed by atoms with Gasteiger partial charge in [-0.15, -0.1) is 0 Å². The van der Waals surface area contributed by atoms with Crippen molar-refractivity contribution in [2.45, 2.75) is 4.90 Å². The number of hydrogen-bond acceptors (Lipinski definition) is 5. The van der Waals surface area contributed by atoms with Gasteiger partial charge in [-0.1, -0.05) is 24.3 Å². The first kappa shape index (κ1) is 17.8. The third-order valence-electron chi connectivity index (χ3n) is 3.63. The van der Waals surface area contributed by atoms with Crippen LogP contribution in [0.3, 0.4) is 0 Å². The van der Waals surface area contributed by atoms with Gasteiger partial charge in [-0.3, -0.25) is 9.71 Å². The van der Waals surface area contributed by atoms with Crippen LogP contribution in [-0.4, -0.2) is 26.5 Å². The molecule has 0 fully saturated rings. The maximum atomic E-state index is 12.4. The van der Waals surface area contributed by atoms with Crippen molar-refractivity contribution in [3.8, 4) is 0 Å². The van der Waals surface area contributed by atoms with Crippen molar-refractivity contribution in [3.05, 3.63) is 79.1 Å². The average Bonchev–Trinajstić information content (AvgIpc) is 2.67. The van der Waals surface area contributed by atoms with E-state index in [4.69, 9.17) is 0 Å². The van der Waals surface area contributed by atoms with E-state index in [2.05, 4.69) is 20.3 Å². The van der Waals surface area contributed by atoms with Crippen molar-refractivity contribution < 1.29 is 8.42 Å². The topological polar surface area (TPSA) is 83.1 Å². The molecule has 2 aromatic carbocycles. The van der Waals surface area contributed by atoms with E-state index in [0.29, 0.717) is 12.2 Å². The van der Waals surface area contributed by atoms with Crippen LogP contribution in [0.5, 0.6) is 0 Å². The van der Waals surface area contributed by atoms with Crippen LogP contribution in [0.15, 0.2) is 84.0 Å². The van der Waals surface area contributed by atoms with Crippen molar-refractivity contribution in [1.29, 1.82) is 0 Å². The highest BCUT2D eigenvalue weighted by atomic mass is 32.2. The van der Waals surface area contributed by atoms with Crippen LogP contribution in [0.25, 0.3) is 0 Å². The summed E-state index contributed by atoms with van der Waals surface area (Å²) in [5.41, 5.74) is 2.36. The highest BCUT2D eigenvalue weighted by Crippen LogP contribution is 2.19. The molecule has 0 amide bonds. The Kier molecular flexibility index (Phi) is 5.70. The summed E-state index contributed by atoms with van der Waals surface area (Å²) < 4.78 is 27.4. The van der Waals surface area contributed by atoms with E-state index in [-0.39, 0.29) is 4.90 Å². The molecule has 0 saturated heterocycles. The molecular formula is C19H20N4O2S. The predicted molar refractivity (Wildman–Crippen MR) is 105 cm³/mol. The Bertz CT molecular complexity index is 932. The number of sulfonamides is 1. The van der Waals surface area contributed by atoms with Crippen LogP contribution in [-0.2, 0) is 10.0 Å². The summed E-state index contributed by atoms with van der Waals surface area (Å²) in [6.45, 7) is 1.42. The summed E-state index contributed by atoms with van der Waals surface area (Å²) in [5.74, 6) is 0. The van der Waals surface area contributed by atoms with Crippen molar-refractivity contribution in [3.63, 3.8) is 0 Å². The Labute approximate surface area is 153 Å². The number of aromatic nitrogens is 1. The van der Waals surface area contributed by atoms with Gasteiger partial charge in [-0.2, -0.15) is 0 Å². The highest BCUT2D eigenvalue weighted by Gasteiger charge is 2.13. The fourth-order valence-electron chi connectivity index (χ4n) is 2.39. The van der Waals surface area contributed by atoms with Crippen LogP contribution >= 0.6 is 0 Å². The zero-order valence-corrected chi connectivity index (χ0v) is 14.9. The minimum Gasteiger partial charge on any atom is -0.383 e. The van der Waals surface area contributed by atoms with E-state index < -0.39 is 10.0 Å². The molecule has 26 heavy (non-hydrogen) atoms. The van der Waals surface area contributed by atoms with Gasteiger partial charge in [-0.05, 0) is 42.5 Å². The molecule has 0 aliphatic heterocycles. The van der Waals surface area contributed by atoms with E-state index >= 15 is 0 Å². The molecule has 3 rings (SSSR count). The summed E-state index contributed by atoms with van der Waals surface area (Å²) in [7, 11) is -3.59. The maximum Gasteiger partial charge on any atom is 0.261 e. The Morgan fingerprint density at radius 1 is 0.731 bits per heavy atom. The van der Waals surface area contributed by atoms with E-state index in [1.165, 1.54) is 0 Å². The van der Waals surface area contributed by atoms with Crippen LogP contribution < -0.4 is 15.4 Å². The number of rotatable bonds is 8. The molecule has 134 valence electrons. The number of hydrogen-bond donors (Lipinski definition) is 3. The molecule has 3 aromatic rings. The molecule has 0 aliphatic carbocycles. The zero-order valence-electron chi connectivity index (χ0n) is 14.1. The van der Waals surface area contributed by atoms with Gasteiger partial charge in [0.15, 0.2) is 0 Å². The Morgan fingerprint density at radius 2 is 1.38 bits per heavy atom. The Balaban J connectivity index is 1.56. The molecule has 0 atom stereocenters. The molecule has 0 spiro atoms. The monoisotopic (exact) mass is 368 g/mol. The first-order chi connectivity index (χ1) is 12.6. The number of benzene rings is 2. The Hall–Kier alpha value is -3.06. The third kappa shape index (κ3) is 4.97. The van der Waals surface area contributed by atoms with Gasteiger partial charge in [0.05, 0.1) is 10.6 Å². The molecule has 0 saturated carbocycles. The highest BCUT2D eigenvalue weighted by molar-refractivity contribution is 7.92. The fraction of sp³-hybridized carbons (Fsp3) is 0.105. The maximum absolute atomic E-state index is 12.4. The van der Waals surface area contributed by atoms with Gasteiger partial charge < -0.3 is 10.6 Å². The number of nitrogens with one attached hydrogen (secondary N) is 3. The van der Waals surface area contributed by atoms with E-state index in [0.717, 1.165) is 17.9 Å². The van der Waals surface area contributed by atoms with Gasteiger partial charge in [0.2, 0.25) is 0 Å². The lowest BCUT2D eigenvalue weighted by molar-refractivity contribution is 0.601. The molecule has 7 heteroatoms. The van der Waals surface area contributed by atoms with Crippen LogP contribution in [0.1, 0.15) is 0 Å². The molecule has 0 aliphatic rings. The summed E-state index contributed by atoms with van der Waals surface area (Å²) >= 11 is 0. The summed E-state index contributed by atoms with van der Waals surface area (Å²) in [6.07, 6.45) is 3.47. The second kappa shape index (κ2) is 8.35. The fourth-order valence-corrected chi connectivity index (χ4v) is 3.46. The van der Waals surface area contributed by atoms with E-state index in [1.807, 2.05) is 24.3 Å². The first-order valence-electron chi connectivity index (χ1n) is 8.19. The van der Waals surface area contributed by atoms with Gasteiger partial charge in [0.25, 0.3) is 10.0 Å². The van der Waals surface area contributed by atoms with Gasteiger partial charge in [0.1, 0.15) is 0 Å². The SMILES string of the molecule is O=S(=O)(Nc1cccc(NCCNc2ccncc2)c1)c1ccccc1. The summed E-state index contributed by atoms with van der Waals surface area (Å²) in [4.78, 5) is 4.21. The summed E-state index contributed by atoms with van der Waals surface area (Å²) in [5, 5.41) is 6.54. The number of anilines is 3. The molecule has 1 aromatic heterocycles. The normalized spacial score (nSPS) is 10.9. The van der Waals surface area contributed by atoms with Crippen LogP contribution in [0.2, 0.25) is 0 Å². The second-order valence-electron chi connectivity index (χ2n) is 5.59.